The Kier molecular flexibility index (Phi) is 7.35. The van der Waals surface area contributed by atoms with Gasteiger partial charge in [-0.2, -0.15) is 0 Å². The SMILES string of the molecule is CC(=O)NCCN(C(=O)c1cc(CC(C)C)[nH]c(=O)c1)C(C)C(=O)O. The molecule has 0 aliphatic rings. The molecule has 1 aromatic heterocycles. The van der Waals surface area contributed by atoms with Gasteiger partial charge in [-0.3, -0.25) is 14.4 Å². The molecule has 0 aliphatic carbocycles. The van der Waals surface area contributed by atoms with Gasteiger partial charge in [-0.1, -0.05) is 13.8 Å². The van der Waals surface area contributed by atoms with Crippen LogP contribution in [0.15, 0.2) is 16.9 Å². The predicted octanol–water partition coefficient (Wildman–Crippen LogP) is 0.625. The minimum absolute atomic E-state index is 0.0260. The van der Waals surface area contributed by atoms with Crippen LogP contribution in [0.25, 0.3) is 0 Å². The zero-order chi connectivity index (χ0) is 19.1. The maximum atomic E-state index is 12.8. The Balaban J connectivity index is 3.10. The van der Waals surface area contributed by atoms with Gasteiger partial charge in [0.1, 0.15) is 6.04 Å². The lowest BCUT2D eigenvalue weighted by Gasteiger charge is -2.26. The molecule has 1 rings (SSSR count). The molecule has 3 N–H and O–H groups in total. The molecule has 0 aromatic carbocycles. The first-order chi connectivity index (χ1) is 11.6. The largest absolute Gasteiger partial charge is 0.480 e. The minimum atomic E-state index is -1.16. The monoisotopic (exact) mass is 351 g/mol. The second-order valence-corrected chi connectivity index (χ2v) is 6.35. The molecular weight excluding hydrogens is 326 g/mol. The number of nitrogens with zero attached hydrogens (tertiary/aromatic N) is 1. The number of aliphatic carboxylic acids is 1. The van der Waals surface area contributed by atoms with Crippen molar-refractivity contribution in [3.63, 3.8) is 0 Å². The van der Waals surface area contributed by atoms with Crippen LogP contribution in [0.5, 0.6) is 0 Å². The van der Waals surface area contributed by atoms with Crippen molar-refractivity contribution in [1.82, 2.24) is 15.2 Å². The topological polar surface area (TPSA) is 120 Å². The van der Waals surface area contributed by atoms with Crippen molar-refractivity contribution >= 4 is 17.8 Å². The molecule has 0 fully saturated rings. The number of aromatic amines is 1. The number of H-pyrrole nitrogens is 1. The second-order valence-electron chi connectivity index (χ2n) is 6.35. The quantitative estimate of drug-likeness (QED) is 0.634. The van der Waals surface area contributed by atoms with Gasteiger partial charge in [-0.25, -0.2) is 4.79 Å². The lowest BCUT2D eigenvalue weighted by molar-refractivity contribution is -0.141. The zero-order valence-electron chi connectivity index (χ0n) is 15.0. The summed E-state index contributed by atoms with van der Waals surface area (Å²) in [5.41, 5.74) is 0.345. The lowest BCUT2D eigenvalue weighted by Crippen LogP contribution is -2.47. The number of rotatable bonds is 8. The van der Waals surface area contributed by atoms with Gasteiger partial charge in [-0.15, -0.1) is 0 Å². The van der Waals surface area contributed by atoms with Gasteiger partial charge in [0.2, 0.25) is 11.5 Å². The van der Waals surface area contributed by atoms with E-state index in [1.165, 1.54) is 13.8 Å². The number of hydrogen-bond donors (Lipinski definition) is 3. The zero-order valence-corrected chi connectivity index (χ0v) is 15.0. The molecule has 138 valence electrons. The third kappa shape index (κ3) is 6.40. The third-order valence-corrected chi connectivity index (χ3v) is 3.59. The van der Waals surface area contributed by atoms with Gasteiger partial charge >= 0.3 is 5.97 Å². The number of amides is 2. The predicted molar refractivity (Wildman–Crippen MR) is 92.4 cm³/mol. The highest BCUT2D eigenvalue weighted by Crippen LogP contribution is 2.11. The van der Waals surface area contributed by atoms with Gasteiger partial charge < -0.3 is 20.3 Å². The summed E-state index contributed by atoms with van der Waals surface area (Å²) in [7, 11) is 0. The van der Waals surface area contributed by atoms with E-state index < -0.39 is 23.5 Å². The van der Waals surface area contributed by atoms with Crippen LogP contribution in [0.4, 0.5) is 0 Å². The number of pyridine rings is 1. The van der Waals surface area contributed by atoms with E-state index in [1.54, 1.807) is 6.07 Å². The van der Waals surface area contributed by atoms with Crippen molar-refractivity contribution in [3.05, 3.63) is 33.7 Å². The van der Waals surface area contributed by atoms with E-state index in [2.05, 4.69) is 10.3 Å². The fraction of sp³-hybridized carbons (Fsp3) is 0.529. The van der Waals surface area contributed by atoms with E-state index in [0.717, 1.165) is 11.0 Å². The molecule has 8 heteroatoms. The van der Waals surface area contributed by atoms with Crippen LogP contribution in [0.1, 0.15) is 43.7 Å². The van der Waals surface area contributed by atoms with Crippen LogP contribution in [0.2, 0.25) is 0 Å². The number of carboxylic acids is 1. The maximum Gasteiger partial charge on any atom is 0.326 e. The molecule has 1 unspecified atom stereocenters. The number of aromatic nitrogens is 1. The minimum Gasteiger partial charge on any atom is -0.480 e. The van der Waals surface area contributed by atoms with E-state index >= 15 is 0 Å². The molecule has 25 heavy (non-hydrogen) atoms. The average molecular weight is 351 g/mol. The Morgan fingerprint density at radius 1 is 1.24 bits per heavy atom. The van der Waals surface area contributed by atoms with E-state index in [0.29, 0.717) is 12.1 Å². The van der Waals surface area contributed by atoms with Gasteiger partial charge in [0, 0.05) is 37.3 Å². The Morgan fingerprint density at radius 3 is 2.40 bits per heavy atom. The summed E-state index contributed by atoms with van der Waals surface area (Å²) in [5, 5.41) is 11.8. The van der Waals surface area contributed by atoms with Gasteiger partial charge in [0.25, 0.3) is 5.91 Å². The molecule has 0 aliphatic heterocycles. The Morgan fingerprint density at radius 2 is 1.88 bits per heavy atom. The molecule has 0 radical (unpaired) electrons. The van der Waals surface area contributed by atoms with Gasteiger partial charge in [-0.05, 0) is 25.3 Å². The van der Waals surface area contributed by atoms with E-state index in [1.807, 2.05) is 13.8 Å². The molecule has 2 amide bonds. The van der Waals surface area contributed by atoms with Crippen molar-refractivity contribution in [2.45, 2.75) is 40.2 Å². The average Bonchev–Trinajstić information content (AvgIpc) is 2.48. The van der Waals surface area contributed by atoms with E-state index in [4.69, 9.17) is 0 Å². The Hall–Kier alpha value is -2.64. The van der Waals surface area contributed by atoms with E-state index in [9.17, 15) is 24.3 Å². The molecule has 1 heterocycles. The van der Waals surface area contributed by atoms with Crippen LogP contribution in [0, 0.1) is 5.92 Å². The standard InChI is InChI=1S/C17H25N3O5/c1-10(2)7-14-8-13(9-15(22)19-14)16(23)20(11(3)17(24)25)6-5-18-12(4)21/h8-11H,5-7H2,1-4H3,(H,18,21)(H,19,22)(H,24,25). The molecule has 0 saturated carbocycles. The summed E-state index contributed by atoms with van der Waals surface area (Å²) in [6.45, 7) is 6.84. The number of carbonyl (C=O) groups is 3. The number of nitrogens with one attached hydrogen (secondary N) is 2. The smallest absolute Gasteiger partial charge is 0.326 e. The third-order valence-electron chi connectivity index (χ3n) is 3.59. The van der Waals surface area contributed by atoms with Crippen LogP contribution < -0.4 is 10.9 Å². The van der Waals surface area contributed by atoms with Crippen molar-refractivity contribution < 1.29 is 19.5 Å². The van der Waals surface area contributed by atoms with Crippen molar-refractivity contribution in [2.75, 3.05) is 13.1 Å². The fourth-order valence-corrected chi connectivity index (χ4v) is 2.40. The molecular formula is C17H25N3O5. The number of carbonyl (C=O) groups excluding carboxylic acids is 2. The highest BCUT2D eigenvalue weighted by Gasteiger charge is 2.26. The molecule has 1 aromatic rings. The number of hydrogen-bond acceptors (Lipinski definition) is 4. The Labute approximate surface area is 146 Å². The van der Waals surface area contributed by atoms with Crippen LogP contribution in [-0.2, 0) is 16.0 Å². The normalized spacial score (nSPS) is 11.9. The molecule has 8 nitrogen and oxygen atoms in total. The molecule has 0 saturated heterocycles. The highest BCUT2D eigenvalue weighted by molar-refractivity contribution is 5.96. The van der Waals surface area contributed by atoms with Gasteiger partial charge in [0.05, 0.1) is 0 Å². The lowest BCUT2D eigenvalue weighted by atomic mass is 10.1. The first-order valence-electron chi connectivity index (χ1n) is 8.13. The highest BCUT2D eigenvalue weighted by atomic mass is 16.4. The second kappa shape index (κ2) is 9.00. The van der Waals surface area contributed by atoms with Crippen molar-refractivity contribution in [1.29, 1.82) is 0 Å². The van der Waals surface area contributed by atoms with Crippen LogP contribution in [-0.4, -0.2) is 51.9 Å². The molecule has 1 atom stereocenters. The van der Waals surface area contributed by atoms with Crippen molar-refractivity contribution in [2.24, 2.45) is 5.92 Å². The van der Waals surface area contributed by atoms with Crippen LogP contribution >= 0.6 is 0 Å². The fourth-order valence-electron chi connectivity index (χ4n) is 2.40. The molecule has 0 bridgehead atoms. The maximum absolute atomic E-state index is 12.8. The number of carboxylic acid groups (broad SMARTS) is 1. The summed E-state index contributed by atoms with van der Waals surface area (Å²) >= 11 is 0. The first-order valence-corrected chi connectivity index (χ1v) is 8.13. The van der Waals surface area contributed by atoms with Gasteiger partial charge in [0.15, 0.2) is 0 Å². The Bertz CT molecular complexity index is 696. The van der Waals surface area contributed by atoms with Crippen LogP contribution in [0.3, 0.4) is 0 Å². The molecule has 0 spiro atoms. The first kappa shape index (κ1) is 20.4. The summed E-state index contributed by atoms with van der Waals surface area (Å²) in [4.78, 5) is 50.7. The summed E-state index contributed by atoms with van der Waals surface area (Å²) < 4.78 is 0. The summed E-state index contributed by atoms with van der Waals surface area (Å²) in [6.07, 6.45) is 0.594. The summed E-state index contributed by atoms with van der Waals surface area (Å²) in [6, 6.07) is 1.64. The van der Waals surface area contributed by atoms with E-state index in [-0.39, 0.29) is 30.5 Å². The van der Waals surface area contributed by atoms with Crippen molar-refractivity contribution in [3.8, 4) is 0 Å². The summed E-state index contributed by atoms with van der Waals surface area (Å²) in [5.74, 6) is -1.71.